The van der Waals surface area contributed by atoms with E-state index >= 15 is 0 Å². The minimum Gasteiger partial charge on any atom is -0.481 e. The van der Waals surface area contributed by atoms with E-state index < -0.39 is 5.97 Å². The zero-order valence-corrected chi connectivity index (χ0v) is 8.84. The van der Waals surface area contributed by atoms with Gasteiger partial charge in [0.25, 0.3) is 0 Å². The summed E-state index contributed by atoms with van der Waals surface area (Å²) in [6, 6.07) is 0. The molecule has 4 heteroatoms. The topological polar surface area (TPSA) is 49.3 Å². The third kappa shape index (κ3) is 7.74. The van der Waals surface area contributed by atoms with Crippen LogP contribution in [0.4, 0.5) is 0 Å². The molecule has 0 radical (unpaired) electrons. The van der Waals surface area contributed by atoms with Crippen molar-refractivity contribution in [2.24, 2.45) is 0 Å². The van der Waals surface area contributed by atoms with E-state index in [0.29, 0.717) is 6.54 Å². The molecule has 13 heavy (non-hydrogen) atoms. The average molecular weight is 189 g/mol. The molecule has 0 aromatic carbocycles. The van der Waals surface area contributed by atoms with E-state index in [1.54, 1.807) is 0 Å². The molecule has 0 fully saturated rings. The van der Waals surface area contributed by atoms with Crippen molar-refractivity contribution in [3.05, 3.63) is 0 Å². The van der Waals surface area contributed by atoms with E-state index in [2.05, 4.69) is 19.4 Å². The molecule has 0 heterocycles. The summed E-state index contributed by atoms with van der Waals surface area (Å²) in [5.74, 6) is -0.709. The van der Waals surface area contributed by atoms with Crippen LogP contribution in [0.2, 0.25) is 0 Å². The Hall–Kier alpha value is -0.610. The Morgan fingerprint density at radius 3 is 2.46 bits per heavy atom. The molecule has 0 aliphatic carbocycles. The Labute approximate surface area is 80.1 Å². The lowest BCUT2D eigenvalue weighted by molar-refractivity contribution is -0.889. The highest BCUT2D eigenvalue weighted by molar-refractivity contribution is 5.66. The van der Waals surface area contributed by atoms with Crippen LogP contribution in [0.15, 0.2) is 0 Å². The summed E-state index contributed by atoms with van der Waals surface area (Å²) >= 11 is 0. The highest BCUT2D eigenvalue weighted by atomic mass is 16.4. The molecule has 0 saturated heterocycles. The molecule has 0 aliphatic rings. The maximum absolute atomic E-state index is 10.4. The second-order valence-corrected chi connectivity index (χ2v) is 3.98. The van der Waals surface area contributed by atoms with Crippen LogP contribution in [0.5, 0.6) is 0 Å². The maximum Gasteiger partial charge on any atom is 0.309 e. The first-order valence-electron chi connectivity index (χ1n) is 4.66. The lowest BCUT2D eigenvalue weighted by atomic mass is 10.3. The fourth-order valence-electron chi connectivity index (χ4n) is 1.19. The first-order chi connectivity index (χ1) is 5.98. The van der Waals surface area contributed by atoms with Crippen molar-refractivity contribution >= 4 is 5.97 Å². The van der Waals surface area contributed by atoms with Gasteiger partial charge in [0.15, 0.2) is 0 Å². The summed E-state index contributed by atoms with van der Waals surface area (Å²) in [7, 11) is 6.06. The van der Waals surface area contributed by atoms with Crippen molar-refractivity contribution in [1.29, 1.82) is 0 Å². The normalized spacial score (nSPS) is 11.6. The molecular weight excluding hydrogens is 168 g/mol. The Morgan fingerprint density at radius 2 is 2.00 bits per heavy atom. The summed E-state index contributed by atoms with van der Waals surface area (Å²) < 4.78 is 0.786. The Morgan fingerprint density at radius 1 is 1.38 bits per heavy atom. The molecular formula is C9H21N2O2+. The van der Waals surface area contributed by atoms with Crippen molar-refractivity contribution in [1.82, 2.24) is 5.32 Å². The fourth-order valence-corrected chi connectivity index (χ4v) is 1.19. The Balaban J connectivity index is 3.59. The van der Waals surface area contributed by atoms with Gasteiger partial charge in [0.1, 0.15) is 0 Å². The number of carboxylic acid groups (broad SMARTS) is 1. The lowest BCUT2D eigenvalue weighted by Gasteiger charge is -2.29. The van der Waals surface area contributed by atoms with Crippen molar-refractivity contribution < 1.29 is 14.4 Å². The SMILES string of the molecule is CNCCC[N+](C)(C)CCC(=O)O. The van der Waals surface area contributed by atoms with Gasteiger partial charge in [-0.3, -0.25) is 4.79 Å². The van der Waals surface area contributed by atoms with Gasteiger partial charge in [-0.05, 0) is 7.05 Å². The smallest absolute Gasteiger partial charge is 0.309 e. The predicted molar refractivity (Wildman–Crippen MR) is 52.6 cm³/mol. The van der Waals surface area contributed by atoms with Crippen LogP contribution in [0.25, 0.3) is 0 Å². The third-order valence-corrected chi connectivity index (χ3v) is 2.12. The second kappa shape index (κ2) is 5.94. The summed E-state index contributed by atoms with van der Waals surface area (Å²) in [5, 5.41) is 11.6. The quantitative estimate of drug-likeness (QED) is 0.442. The van der Waals surface area contributed by atoms with Gasteiger partial charge in [-0.2, -0.15) is 0 Å². The third-order valence-electron chi connectivity index (χ3n) is 2.12. The molecule has 78 valence electrons. The van der Waals surface area contributed by atoms with E-state index in [-0.39, 0.29) is 6.42 Å². The van der Waals surface area contributed by atoms with E-state index in [4.69, 9.17) is 5.11 Å². The molecule has 0 aliphatic heterocycles. The molecule has 0 unspecified atom stereocenters. The predicted octanol–water partition coefficient (Wildman–Crippen LogP) is 0.147. The summed E-state index contributed by atoms with van der Waals surface area (Å²) in [6.45, 7) is 2.72. The second-order valence-electron chi connectivity index (χ2n) is 3.98. The summed E-state index contributed by atoms with van der Waals surface area (Å²) in [5.41, 5.74) is 0. The van der Waals surface area contributed by atoms with Gasteiger partial charge in [-0.25, -0.2) is 0 Å². The molecule has 0 spiro atoms. The van der Waals surface area contributed by atoms with Gasteiger partial charge in [0.2, 0.25) is 0 Å². The highest BCUT2D eigenvalue weighted by Crippen LogP contribution is 2.00. The Bertz CT molecular complexity index is 158. The number of carboxylic acids is 1. The number of hydrogen-bond donors (Lipinski definition) is 2. The number of nitrogens with zero attached hydrogens (tertiary/aromatic N) is 1. The van der Waals surface area contributed by atoms with Crippen LogP contribution < -0.4 is 5.32 Å². The van der Waals surface area contributed by atoms with Crippen LogP contribution >= 0.6 is 0 Å². The first-order valence-corrected chi connectivity index (χ1v) is 4.66. The van der Waals surface area contributed by atoms with Crippen LogP contribution in [-0.2, 0) is 4.79 Å². The molecule has 0 aromatic rings. The largest absolute Gasteiger partial charge is 0.481 e. The van der Waals surface area contributed by atoms with Crippen LogP contribution in [0.1, 0.15) is 12.8 Å². The van der Waals surface area contributed by atoms with Crippen LogP contribution in [-0.4, -0.2) is 56.3 Å². The number of rotatable bonds is 7. The Kier molecular flexibility index (Phi) is 5.66. The standard InChI is InChI=1S/C9H20N2O2/c1-10-6-4-7-11(2,3)8-5-9(12)13/h10H,4-8H2,1-3H3/p+1. The zero-order chi connectivity index (χ0) is 10.3. The van der Waals surface area contributed by atoms with Crippen LogP contribution in [0.3, 0.4) is 0 Å². The molecule has 4 nitrogen and oxygen atoms in total. The van der Waals surface area contributed by atoms with Crippen molar-refractivity contribution in [3.63, 3.8) is 0 Å². The highest BCUT2D eigenvalue weighted by Gasteiger charge is 2.15. The molecule has 0 saturated carbocycles. The summed E-state index contributed by atoms with van der Waals surface area (Å²) in [4.78, 5) is 10.4. The maximum atomic E-state index is 10.4. The fraction of sp³-hybridized carbons (Fsp3) is 0.889. The average Bonchev–Trinajstić information content (AvgIpc) is 2.02. The van der Waals surface area contributed by atoms with Gasteiger partial charge in [0, 0.05) is 13.0 Å². The minimum atomic E-state index is -0.709. The molecule has 0 aromatic heterocycles. The lowest BCUT2D eigenvalue weighted by Crippen LogP contribution is -2.42. The molecule has 0 amide bonds. The number of carbonyl (C=O) groups is 1. The van der Waals surface area contributed by atoms with E-state index in [1.165, 1.54) is 0 Å². The zero-order valence-electron chi connectivity index (χ0n) is 8.84. The van der Waals surface area contributed by atoms with E-state index in [0.717, 1.165) is 24.0 Å². The molecule has 0 atom stereocenters. The van der Waals surface area contributed by atoms with E-state index in [9.17, 15) is 4.79 Å². The first kappa shape index (κ1) is 12.4. The number of nitrogens with one attached hydrogen (secondary N) is 1. The van der Waals surface area contributed by atoms with Gasteiger partial charge >= 0.3 is 5.97 Å². The van der Waals surface area contributed by atoms with Crippen molar-refractivity contribution in [3.8, 4) is 0 Å². The molecule has 0 bridgehead atoms. The van der Waals surface area contributed by atoms with Crippen molar-refractivity contribution in [2.75, 3.05) is 40.8 Å². The van der Waals surface area contributed by atoms with Gasteiger partial charge in [-0.15, -0.1) is 0 Å². The number of hydrogen-bond acceptors (Lipinski definition) is 2. The summed E-state index contributed by atoms with van der Waals surface area (Å²) in [6.07, 6.45) is 1.34. The van der Waals surface area contributed by atoms with Gasteiger partial charge in [0.05, 0.1) is 33.6 Å². The number of aliphatic carboxylic acids is 1. The van der Waals surface area contributed by atoms with Gasteiger partial charge < -0.3 is 14.9 Å². The molecule has 2 N–H and O–H groups in total. The molecule has 0 rings (SSSR count). The van der Waals surface area contributed by atoms with E-state index in [1.807, 2.05) is 7.05 Å². The van der Waals surface area contributed by atoms with Crippen LogP contribution in [0, 0.1) is 0 Å². The van der Waals surface area contributed by atoms with Gasteiger partial charge in [-0.1, -0.05) is 0 Å². The monoisotopic (exact) mass is 189 g/mol. The van der Waals surface area contributed by atoms with Crippen molar-refractivity contribution in [2.45, 2.75) is 12.8 Å². The number of quaternary nitrogens is 1. The minimum absolute atomic E-state index is 0.257.